The molecule has 0 aliphatic heterocycles. The summed E-state index contributed by atoms with van der Waals surface area (Å²) in [6, 6.07) is 18.2. The normalized spacial score (nSPS) is 16.7. The fraction of sp³-hybridized carbons (Fsp3) is 0.227. The minimum Gasteiger partial charge on any atom is -0.481 e. The summed E-state index contributed by atoms with van der Waals surface area (Å²) in [6.07, 6.45) is 5.15. The van der Waals surface area contributed by atoms with Crippen LogP contribution in [0.2, 0.25) is 0 Å². The third-order valence-corrected chi connectivity index (χ3v) is 5.05. The van der Waals surface area contributed by atoms with Gasteiger partial charge in [-0.15, -0.1) is 10.2 Å². The van der Waals surface area contributed by atoms with E-state index in [4.69, 9.17) is 5.11 Å². The van der Waals surface area contributed by atoms with Gasteiger partial charge in [-0.05, 0) is 36.3 Å². The minimum absolute atomic E-state index is 0.260. The molecule has 1 atom stereocenters. The summed E-state index contributed by atoms with van der Waals surface area (Å²) in [4.78, 5) is 14.1. The van der Waals surface area contributed by atoms with Crippen LogP contribution in [-0.2, 0) is 4.79 Å². The van der Waals surface area contributed by atoms with Crippen LogP contribution in [0.25, 0.3) is 28.3 Å². The molecule has 1 aromatic heterocycles. The number of hydrogen-bond donors (Lipinski definition) is 2. The largest absolute Gasteiger partial charge is 0.481 e. The average molecular weight is 359 g/mol. The maximum Gasteiger partial charge on any atom is 0.303 e. The molecule has 0 saturated carbocycles. The number of allylic oxidation sites excluding steroid dienone is 2. The van der Waals surface area contributed by atoms with E-state index in [1.807, 2.05) is 30.3 Å². The molecule has 0 spiro atoms. The molecule has 0 bridgehead atoms. The van der Waals surface area contributed by atoms with Gasteiger partial charge in [0.15, 0.2) is 11.6 Å². The Bertz CT molecular complexity index is 959. The topological polar surface area (TPSA) is 78.9 Å². The van der Waals surface area contributed by atoms with E-state index in [1.165, 1.54) is 11.1 Å². The predicted molar refractivity (Wildman–Crippen MR) is 105 cm³/mol. The first-order valence-corrected chi connectivity index (χ1v) is 9.19. The van der Waals surface area contributed by atoms with Crippen molar-refractivity contribution in [2.24, 2.45) is 5.92 Å². The molecule has 2 N–H and O–H groups in total. The zero-order chi connectivity index (χ0) is 18.6. The van der Waals surface area contributed by atoms with Gasteiger partial charge in [0.2, 0.25) is 0 Å². The van der Waals surface area contributed by atoms with E-state index in [1.54, 1.807) is 0 Å². The van der Waals surface area contributed by atoms with E-state index in [2.05, 4.69) is 45.5 Å². The molecule has 0 fully saturated rings. The summed E-state index contributed by atoms with van der Waals surface area (Å²) < 4.78 is 0. The highest BCUT2D eigenvalue weighted by molar-refractivity contribution is 5.70. The number of carboxylic acid groups (broad SMARTS) is 1. The van der Waals surface area contributed by atoms with Gasteiger partial charge < -0.3 is 10.1 Å². The lowest BCUT2D eigenvalue weighted by Crippen LogP contribution is -2.10. The quantitative estimate of drug-likeness (QED) is 0.686. The van der Waals surface area contributed by atoms with E-state index >= 15 is 0 Å². The Hall–Kier alpha value is -3.21. The van der Waals surface area contributed by atoms with Crippen molar-refractivity contribution in [2.45, 2.75) is 25.7 Å². The van der Waals surface area contributed by atoms with E-state index in [9.17, 15) is 4.79 Å². The zero-order valence-electron chi connectivity index (χ0n) is 14.9. The van der Waals surface area contributed by atoms with Crippen LogP contribution >= 0.6 is 0 Å². The molecule has 1 aliphatic rings. The van der Waals surface area contributed by atoms with Gasteiger partial charge in [0, 0.05) is 17.5 Å². The Morgan fingerprint density at radius 3 is 2.19 bits per heavy atom. The summed E-state index contributed by atoms with van der Waals surface area (Å²) >= 11 is 0. The van der Waals surface area contributed by atoms with Crippen molar-refractivity contribution in [1.29, 1.82) is 0 Å². The Morgan fingerprint density at radius 2 is 1.59 bits per heavy atom. The number of aliphatic carboxylic acids is 1. The molecular weight excluding hydrogens is 338 g/mol. The van der Waals surface area contributed by atoms with E-state index < -0.39 is 5.97 Å². The van der Waals surface area contributed by atoms with Gasteiger partial charge in [0.25, 0.3) is 0 Å². The Kier molecular flexibility index (Phi) is 4.83. The monoisotopic (exact) mass is 359 g/mol. The van der Waals surface area contributed by atoms with Gasteiger partial charge in [-0.25, -0.2) is 0 Å². The third kappa shape index (κ3) is 3.97. The van der Waals surface area contributed by atoms with Gasteiger partial charge in [-0.1, -0.05) is 60.7 Å². The van der Waals surface area contributed by atoms with Crippen molar-refractivity contribution in [3.05, 3.63) is 66.2 Å². The van der Waals surface area contributed by atoms with Crippen molar-refractivity contribution in [1.82, 2.24) is 15.2 Å². The highest BCUT2D eigenvalue weighted by Gasteiger charge is 2.18. The molecule has 4 rings (SSSR count). The molecule has 0 saturated heterocycles. The van der Waals surface area contributed by atoms with Crippen molar-refractivity contribution in [3.8, 4) is 22.8 Å². The molecule has 1 aliphatic carbocycles. The van der Waals surface area contributed by atoms with Crippen molar-refractivity contribution < 1.29 is 9.90 Å². The number of aromatic nitrogens is 3. The van der Waals surface area contributed by atoms with E-state index in [0.29, 0.717) is 0 Å². The van der Waals surface area contributed by atoms with E-state index in [-0.39, 0.29) is 12.3 Å². The third-order valence-electron chi connectivity index (χ3n) is 5.05. The minimum atomic E-state index is -0.705. The molecule has 0 amide bonds. The summed E-state index contributed by atoms with van der Waals surface area (Å²) in [5.41, 5.74) is 4.49. The summed E-state index contributed by atoms with van der Waals surface area (Å²) in [7, 11) is 0. The zero-order valence-corrected chi connectivity index (χ0v) is 14.9. The molecule has 136 valence electrons. The lowest BCUT2D eigenvalue weighted by Gasteiger charge is -2.20. The number of hydrogen-bond acceptors (Lipinski definition) is 3. The Morgan fingerprint density at radius 1 is 0.963 bits per heavy atom. The standard InChI is InChI=1S/C22H21N3O2/c26-20(27)14-15-6-8-16(9-7-15)17-10-12-19(13-11-17)22-23-21(24-25-22)18-4-2-1-3-5-18/h1-5,8,10-13,15H,6-7,9,14H2,(H,26,27)(H,23,24,25). The van der Waals surface area contributed by atoms with Crippen molar-refractivity contribution >= 4 is 11.5 Å². The number of aromatic amines is 1. The van der Waals surface area contributed by atoms with Gasteiger partial charge in [-0.2, -0.15) is 0 Å². The maximum atomic E-state index is 10.8. The van der Waals surface area contributed by atoms with Gasteiger partial charge in [0.1, 0.15) is 0 Å². The summed E-state index contributed by atoms with van der Waals surface area (Å²) in [6.45, 7) is 0. The second kappa shape index (κ2) is 7.58. The predicted octanol–water partition coefficient (Wildman–Crippen LogP) is 4.80. The number of carboxylic acids is 1. The molecule has 5 nitrogen and oxygen atoms in total. The molecule has 27 heavy (non-hydrogen) atoms. The molecule has 2 aromatic carbocycles. The lowest BCUT2D eigenvalue weighted by atomic mass is 9.85. The molecule has 0 radical (unpaired) electrons. The first kappa shape index (κ1) is 17.2. The Labute approximate surface area is 157 Å². The SMILES string of the molecule is O=C(O)CC1CC=C(c2ccc(-c3nnc(-c4ccccc4)[nH]3)cc2)CC1. The first-order chi connectivity index (χ1) is 13.2. The van der Waals surface area contributed by atoms with Crippen LogP contribution < -0.4 is 0 Å². The maximum absolute atomic E-state index is 10.8. The van der Waals surface area contributed by atoms with Crippen LogP contribution in [0.5, 0.6) is 0 Å². The van der Waals surface area contributed by atoms with Crippen molar-refractivity contribution in [2.75, 3.05) is 0 Å². The molecular formula is C22H21N3O2. The fourth-order valence-corrected chi connectivity index (χ4v) is 3.54. The van der Waals surface area contributed by atoms with Crippen LogP contribution in [0.4, 0.5) is 0 Å². The van der Waals surface area contributed by atoms with Crippen molar-refractivity contribution in [3.63, 3.8) is 0 Å². The molecule has 5 heteroatoms. The molecule has 1 heterocycles. The molecule has 1 unspecified atom stereocenters. The smallest absolute Gasteiger partial charge is 0.303 e. The molecule has 3 aromatic rings. The van der Waals surface area contributed by atoms with Crippen LogP contribution in [0.15, 0.2) is 60.7 Å². The number of nitrogens with one attached hydrogen (secondary N) is 1. The van der Waals surface area contributed by atoms with Gasteiger partial charge in [0.05, 0.1) is 0 Å². The average Bonchev–Trinajstić information content (AvgIpc) is 3.19. The Balaban J connectivity index is 1.48. The summed E-state index contributed by atoms with van der Waals surface area (Å²) in [5, 5.41) is 17.4. The second-order valence-corrected chi connectivity index (χ2v) is 6.93. The number of carbonyl (C=O) groups is 1. The lowest BCUT2D eigenvalue weighted by molar-refractivity contribution is -0.138. The number of rotatable bonds is 5. The highest BCUT2D eigenvalue weighted by atomic mass is 16.4. The highest BCUT2D eigenvalue weighted by Crippen LogP contribution is 2.32. The number of H-pyrrole nitrogens is 1. The van der Waals surface area contributed by atoms with E-state index in [0.717, 1.165) is 42.0 Å². The number of benzene rings is 2. The first-order valence-electron chi connectivity index (χ1n) is 9.19. The van der Waals surface area contributed by atoms with Gasteiger partial charge in [-0.3, -0.25) is 4.79 Å². The fourth-order valence-electron chi connectivity index (χ4n) is 3.54. The number of nitrogens with zero attached hydrogens (tertiary/aromatic N) is 2. The van der Waals surface area contributed by atoms with Crippen LogP contribution in [-0.4, -0.2) is 26.3 Å². The van der Waals surface area contributed by atoms with Crippen LogP contribution in [0.3, 0.4) is 0 Å². The van der Waals surface area contributed by atoms with Crippen LogP contribution in [0, 0.1) is 5.92 Å². The van der Waals surface area contributed by atoms with Crippen LogP contribution in [0.1, 0.15) is 31.2 Å². The second-order valence-electron chi connectivity index (χ2n) is 6.93. The van der Waals surface area contributed by atoms with Gasteiger partial charge >= 0.3 is 5.97 Å². The summed E-state index contributed by atoms with van der Waals surface area (Å²) in [5.74, 6) is 1.06.